The van der Waals surface area contributed by atoms with Crippen molar-refractivity contribution in [1.82, 2.24) is 9.80 Å². The molecule has 0 aliphatic carbocycles. The Morgan fingerprint density at radius 1 is 1.05 bits per heavy atom. The SMILES string of the molecule is CC1=C(C(=O)OC(C)C)C(c2ccc(C)cc2)N2C(CC(=O)N3CCN(c4ccccc4F)CC3)=CSC2=N1. The fraction of sp³-hybridized carbons (Fsp3) is 0.367. The molecule has 3 aliphatic heterocycles. The first-order valence-electron chi connectivity index (χ1n) is 13.2. The number of halogens is 1. The fourth-order valence-electron chi connectivity index (χ4n) is 5.14. The monoisotopic (exact) mass is 548 g/mol. The number of esters is 1. The summed E-state index contributed by atoms with van der Waals surface area (Å²) in [5.41, 5.74) is 4.52. The molecule has 0 saturated carbocycles. The van der Waals surface area contributed by atoms with Crippen LogP contribution >= 0.6 is 11.8 Å². The first kappa shape index (κ1) is 27.0. The van der Waals surface area contributed by atoms with E-state index in [2.05, 4.69) is 0 Å². The molecule has 3 heterocycles. The predicted molar refractivity (Wildman–Crippen MR) is 153 cm³/mol. The molecule has 0 bridgehead atoms. The molecule has 2 aromatic rings. The van der Waals surface area contributed by atoms with E-state index in [0.717, 1.165) is 22.0 Å². The molecule has 1 amide bonds. The van der Waals surface area contributed by atoms with Crippen LogP contribution in [0.2, 0.25) is 0 Å². The second-order valence-corrected chi connectivity index (χ2v) is 11.1. The Balaban J connectivity index is 1.36. The second kappa shape index (κ2) is 11.3. The van der Waals surface area contributed by atoms with Gasteiger partial charge in [0.15, 0.2) is 5.17 Å². The molecular weight excluding hydrogens is 515 g/mol. The Kier molecular flexibility index (Phi) is 7.79. The number of rotatable bonds is 6. The molecule has 7 nitrogen and oxygen atoms in total. The van der Waals surface area contributed by atoms with Crippen LogP contribution in [-0.4, -0.2) is 59.1 Å². The van der Waals surface area contributed by atoms with E-state index < -0.39 is 12.0 Å². The van der Waals surface area contributed by atoms with Gasteiger partial charge in [-0.3, -0.25) is 4.79 Å². The number of amides is 1. The van der Waals surface area contributed by atoms with Gasteiger partial charge in [-0.05, 0) is 50.8 Å². The first-order chi connectivity index (χ1) is 18.7. The van der Waals surface area contributed by atoms with Crippen molar-refractivity contribution in [2.24, 2.45) is 4.99 Å². The number of hydrogen-bond donors (Lipinski definition) is 0. The number of thioether (sulfide) groups is 1. The quantitative estimate of drug-likeness (QED) is 0.451. The van der Waals surface area contributed by atoms with Crippen molar-refractivity contribution in [2.75, 3.05) is 31.1 Å². The van der Waals surface area contributed by atoms with Gasteiger partial charge in [0.25, 0.3) is 0 Å². The van der Waals surface area contributed by atoms with E-state index in [4.69, 9.17) is 9.73 Å². The summed E-state index contributed by atoms with van der Waals surface area (Å²) in [6.07, 6.45) is -0.0889. The van der Waals surface area contributed by atoms with E-state index in [1.807, 2.05) is 78.1 Å². The van der Waals surface area contributed by atoms with Crippen molar-refractivity contribution in [3.63, 3.8) is 0 Å². The lowest BCUT2D eigenvalue weighted by Crippen LogP contribution is -2.49. The van der Waals surface area contributed by atoms with Crippen LogP contribution in [0.1, 0.15) is 44.4 Å². The third-order valence-corrected chi connectivity index (χ3v) is 8.00. The maximum absolute atomic E-state index is 14.3. The number of hydrogen-bond acceptors (Lipinski definition) is 7. The van der Waals surface area contributed by atoms with Gasteiger partial charge in [0, 0.05) is 31.9 Å². The van der Waals surface area contributed by atoms with Gasteiger partial charge in [-0.2, -0.15) is 0 Å². The number of anilines is 1. The van der Waals surface area contributed by atoms with E-state index in [1.165, 1.54) is 17.8 Å². The van der Waals surface area contributed by atoms with Crippen molar-refractivity contribution in [1.29, 1.82) is 0 Å². The Hall–Kier alpha value is -3.59. The summed E-state index contributed by atoms with van der Waals surface area (Å²) < 4.78 is 19.9. The summed E-state index contributed by atoms with van der Waals surface area (Å²) in [4.78, 5) is 37.3. The molecule has 0 N–H and O–H groups in total. The first-order valence-corrected chi connectivity index (χ1v) is 14.1. The summed E-state index contributed by atoms with van der Waals surface area (Å²) in [5, 5.41) is 2.70. The minimum absolute atomic E-state index is 0.00322. The number of para-hydroxylation sites is 1. The van der Waals surface area contributed by atoms with Crippen LogP contribution in [0, 0.1) is 12.7 Å². The second-order valence-electron chi connectivity index (χ2n) is 10.3. The standard InChI is InChI=1S/C30H33FN4O3S/c1-19(2)38-29(37)27-21(4)32-30-35(28(27)22-11-9-20(3)10-12-22)23(18-39-30)17-26(36)34-15-13-33(14-16-34)25-8-6-5-7-24(25)31/h5-12,18-19,28H,13-17H2,1-4H3. The number of benzene rings is 2. The average Bonchev–Trinajstić information content (AvgIpc) is 3.30. The number of aliphatic imine (C=N–C) groups is 1. The highest BCUT2D eigenvalue weighted by Crippen LogP contribution is 2.45. The molecule has 9 heteroatoms. The minimum Gasteiger partial charge on any atom is -0.459 e. The van der Waals surface area contributed by atoms with Crippen molar-refractivity contribution in [3.05, 3.63) is 87.9 Å². The van der Waals surface area contributed by atoms with Crippen LogP contribution in [0.5, 0.6) is 0 Å². The zero-order chi connectivity index (χ0) is 27.7. The zero-order valence-corrected chi connectivity index (χ0v) is 23.5. The largest absolute Gasteiger partial charge is 0.459 e. The van der Waals surface area contributed by atoms with Gasteiger partial charge in [-0.15, -0.1) is 0 Å². The van der Waals surface area contributed by atoms with Crippen LogP contribution in [-0.2, 0) is 14.3 Å². The number of piperazine rings is 1. The molecule has 1 unspecified atom stereocenters. The lowest BCUT2D eigenvalue weighted by molar-refractivity contribution is -0.143. The minimum atomic E-state index is -0.448. The lowest BCUT2D eigenvalue weighted by atomic mass is 9.93. The van der Waals surface area contributed by atoms with Gasteiger partial charge in [-0.1, -0.05) is 53.7 Å². The van der Waals surface area contributed by atoms with Crippen LogP contribution in [0.4, 0.5) is 10.1 Å². The normalized spacial score (nSPS) is 19.2. The lowest BCUT2D eigenvalue weighted by Gasteiger charge is -2.38. The Bertz CT molecular complexity index is 1360. The van der Waals surface area contributed by atoms with Gasteiger partial charge >= 0.3 is 5.97 Å². The van der Waals surface area contributed by atoms with E-state index in [1.54, 1.807) is 12.1 Å². The predicted octanol–water partition coefficient (Wildman–Crippen LogP) is 5.40. The Labute approximate surface area is 233 Å². The molecular formula is C30H33FN4O3S. The molecule has 1 fully saturated rings. The van der Waals surface area contributed by atoms with Gasteiger partial charge in [0.05, 0.1) is 35.5 Å². The summed E-state index contributed by atoms with van der Waals surface area (Å²) in [6.45, 7) is 9.67. The molecule has 0 aromatic heterocycles. The molecule has 0 radical (unpaired) electrons. The summed E-state index contributed by atoms with van der Waals surface area (Å²) in [6, 6.07) is 14.4. The van der Waals surface area contributed by atoms with Gasteiger partial charge < -0.3 is 19.4 Å². The Morgan fingerprint density at radius 3 is 2.41 bits per heavy atom. The van der Waals surface area contributed by atoms with E-state index in [9.17, 15) is 14.0 Å². The topological polar surface area (TPSA) is 65.5 Å². The molecule has 0 spiro atoms. The maximum Gasteiger partial charge on any atom is 0.338 e. The molecule has 1 saturated heterocycles. The van der Waals surface area contributed by atoms with Crippen LogP contribution < -0.4 is 4.90 Å². The highest BCUT2D eigenvalue weighted by molar-refractivity contribution is 8.16. The molecule has 5 rings (SSSR count). The number of carbonyl (C=O) groups is 2. The van der Waals surface area contributed by atoms with Crippen molar-refractivity contribution >= 4 is 34.5 Å². The van der Waals surface area contributed by atoms with Gasteiger partial charge in [0.2, 0.25) is 5.91 Å². The third kappa shape index (κ3) is 5.59. The summed E-state index contributed by atoms with van der Waals surface area (Å²) >= 11 is 1.46. The number of amidine groups is 1. The van der Waals surface area contributed by atoms with Crippen molar-refractivity contribution < 1.29 is 18.7 Å². The number of nitrogens with zero attached hydrogens (tertiary/aromatic N) is 4. The zero-order valence-electron chi connectivity index (χ0n) is 22.7. The van der Waals surface area contributed by atoms with Gasteiger partial charge in [-0.25, -0.2) is 14.2 Å². The summed E-state index contributed by atoms with van der Waals surface area (Å²) in [5.74, 6) is -0.654. The summed E-state index contributed by atoms with van der Waals surface area (Å²) in [7, 11) is 0. The van der Waals surface area contributed by atoms with Crippen LogP contribution in [0.25, 0.3) is 0 Å². The Morgan fingerprint density at radius 2 is 1.74 bits per heavy atom. The molecule has 3 aliphatic rings. The molecule has 1 atom stereocenters. The smallest absolute Gasteiger partial charge is 0.338 e. The number of carbonyl (C=O) groups excluding carboxylic acids is 2. The van der Waals surface area contributed by atoms with Crippen molar-refractivity contribution in [3.8, 4) is 0 Å². The highest BCUT2D eigenvalue weighted by Gasteiger charge is 2.41. The molecule has 2 aromatic carbocycles. The molecule has 204 valence electrons. The number of ether oxygens (including phenoxy) is 1. The van der Waals surface area contributed by atoms with Crippen LogP contribution in [0.15, 0.2) is 75.9 Å². The average molecular weight is 549 g/mol. The highest BCUT2D eigenvalue weighted by atomic mass is 32.2. The van der Waals surface area contributed by atoms with Crippen LogP contribution in [0.3, 0.4) is 0 Å². The molecule has 39 heavy (non-hydrogen) atoms. The van der Waals surface area contributed by atoms with Gasteiger partial charge in [0.1, 0.15) is 5.82 Å². The van der Waals surface area contributed by atoms with E-state index in [-0.39, 0.29) is 24.2 Å². The number of aryl methyl sites for hydroxylation is 1. The maximum atomic E-state index is 14.3. The van der Waals surface area contributed by atoms with E-state index in [0.29, 0.717) is 43.1 Å². The third-order valence-electron chi connectivity index (χ3n) is 7.11. The fourth-order valence-corrected chi connectivity index (χ4v) is 6.11. The number of allylic oxidation sites excluding steroid dienone is 1. The van der Waals surface area contributed by atoms with E-state index >= 15 is 0 Å². The van der Waals surface area contributed by atoms with Crippen molar-refractivity contribution in [2.45, 2.75) is 46.3 Å². The number of fused-ring (bicyclic) bond motifs is 1.